The SMILES string of the molecule is CC12CC3CC(C1)C(C1=CB(O)Oc4cnc5[nH]ccc5c41)C(C3)C2. The Hall–Kier alpha value is -1.75. The van der Waals surface area contributed by atoms with Crippen LogP contribution in [0.5, 0.6) is 5.75 Å². The zero-order valence-corrected chi connectivity index (χ0v) is 14.5. The molecule has 3 heterocycles. The number of allylic oxidation sites excluding steroid dienone is 1. The Balaban J connectivity index is 1.52. The van der Waals surface area contributed by atoms with Gasteiger partial charge in [0.2, 0.25) is 0 Å². The summed E-state index contributed by atoms with van der Waals surface area (Å²) in [7, 11) is -0.853. The van der Waals surface area contributed by atoms with Crippen molar-refractivity contribution in [3.05, 3.63) is 30.0 Å². The molecule has 0 aromatic carbocycles. The van der Waals surface area contributed by atoms with Crippen molar-refractivity contribution in [1.29, 1.82) is 0 Å². The molecule has 2 aromatic rings. The van der Waals surface area contributed by atoms with Crippen molar-refractivity contribution in [3.8, 4) is 5.75 Å². The van der Waals surface area contributed by atoms with Crippen LogP contribution in [0.15, 0.2) is 24.4 Å². The highest BCUT2D eigenvalue weighted by atomic mass is 16.5. The van der Waals surface area contributed by atoms with E-state index < -0.39 is 7.12 Å². The van der Waals surface area contributed by atoms with E-state index in [-0.39, 0.29) is 0 Å². The summed E-state index contributed by atoms with van der Waals surface area (Å²) in [5.41, 5.74) is 3.94. The maximum absolute atomic E-state index is 10.3. The van der Waals surface area contributed by atoms with Gasteiger partial charge in [0.05, 0.1) is 6.20 Å². The monoisotopic (exact) mass is 334 g/mol. The fourth-order valence-corrected chi connectivity index (χ4v) is 6.99. The van der Waals surface area contributed by atoms with Crippen molar-refractivity contribution in [1.82, 2.24) is 9.97 Å². The van der Waals surface area contributed by atoms with Crippen molar-refractivity contribution in [2.45, 2.75) is 39.0 Å². The van der Waals surface area contributed by atoms with Gasteiger partial charge in [-0.25, -0.2) is 4.98 Å². The minimum Gasteiger partial charge on any atom is -0.531 e. The third-order valence-electron chi connectivity index (χ3n) is 7.35. The zero-order valence-electron chi connectivity index (χ0n) is 14.5. The van der Waals surface area contributed by atoms with Crippen LogP contribution in [0.2, 0.25) is 0 Å². The second kappa shape index (κ2) is 4.70. The minimum absolute atomic E-state index is 0.557. The molecule has 0 saturated heterocycles. The number of H-pyrrole nitrogens is 1. The number of rotatable bonds is 1. The molecular formula is C20H23BN2O2. The number of nitrogens with one attached hydrogen (secondary N) is 1. The smallest absolute Gasteiger partial charge is 0.531 e. The van der Waals surface area contributed by atoms with Gasteiger partial charge in [-0.05, 0) is 78.8 Å². The van der Waals surface area contributed by atoms with Crippen LogP contribution >= 0.6 is 0 Å². The van der Waals surface area contributed by atoms with Crippen LogP contribution in [-0.4, -0.2) is 22.1 Å². The predicted molar refractivity (Wildman–Crippen MR) is 97.8 cm³/mol. The molecule has 5 heteroatoms. The molecule has 4 saturated carbocycles. The molecule has 4 fully saturated rings. The van der Waals surface area contributed by atoms with Gasteiger partial charge in [-0.1, -0.05) is 6.92 Å². The Morgan fingerprint density at radius 2 is 2.08 bits per heavy atom. The van der Waals surface area contributed by atoms with Gasteiger partial charge in [0, 0.05) is 17.1 Å². The topological polar surface area (TPSA) is 58.1 Å². The van der Waals surface area contributed by atoms with Gasteiger partial charge < -0.3 is 14.7 Å². The van der Waals surface area contributed by atoms with E-state index >= 15 is 0 Å². The number of aromatic nitrogens is 2. The van der Waals surface area contributed by atoms with Gasteiger partial charge in [0.15, 0.2) is 0 Å². The average Bonchev–Trinajstić information content (AvgIpc) is 3.00. The number of fused-ring (bicyclic) bond motifs is 3. The lowest BCUT2D eigenvalue weighted by Gasteiger charge is -2.60. The maximum atomic E-state index is 10.3. The lowest BCUT2D eigenvalue weighted by Crippen LogP contribution is -2.50. The molecule has 128 valence electrons. The lowest BCUT2D eigenvalue weighted by atomic mass is 9.45. The highest BCUT2D eigenvalue weighted by molar-refractivity contribution is 6.52. The molecule has 4 bridgehead atoms. The first-order chi connectivity index (χ1) is 12.1. The normalized spacial score (nSPS) is 38.6. The first-order valence-corrected chi connectivity index (χ1v) is 9.62. The van der Waals surface area contributed by atoms with Crippen LogP contribution in [0.1, 0.15) is 44.6 Å². The second-order valence-corrected chi connectivity index (χ2v) is 9.17. The molecule has 0 spiro atoms. The standard InChI is InChI=1S/C20H23BN2O2/c1-20-6-11-4-12(7-20)17(13(5-11)8-20)15-9-21(24)25-16-10-23-19-14(18(15)16)2-3-22-19/h2-3,9-13,17,24H,4-8H2,1H3,(H,22,23). The first kappa shape index (κ1) is 14.4. The molecule has 1 aliphatic heterocycles. The first-order valence-electron chi connectivity index (χ1n) is 9.62. The van der Waals surface area contributed by atoms with E-state index in [2.05, 4.69) is 23.0 Å². The Morgan fingerprint density at radius 1 is 1.28 bits per heavy atom. The number of nitrogens with zero attached hydrogens (tertiary/aromatic N) is 1. The Labute approximate surface area is 147 Å². The molecule has 25 heavy (non-hydrogen) atoms. The zero-order chi connectivity index (χ0) is 16.8. The Kier molecular flexibility index (Phi) is 2.71. The summed E-state index contributed by atoms with van der Waals surface area (Å²) in [4.78, 5) is 7.67. The Morgan fingerprint density at radius 3 is 2.84 bits per heavy atom. The molecule has 5 aliphatic rings. The van der Waals surface area contributed by atoms with E-state index in [0.717, 1.165) is 34.5 Å². The molecule has 0 radical (unpaired) electrons. The Bertz CT molecular complexity index is 888. The highest BCUT2D eigenvalue weighted by Gasteiger charge is 2.54. The van der Waals surface area contributed by atoms with E-state index in [1.54, 1.807) is 6.20 Å². The summed E-state index contributed by atoms with van der Waals surface area (Å²) in [6.07, 6.45) is 10.6. The molecule has 2 unspecified atom stereocenters. The van der Waals surface area contributed by atoms with E-state index in [9.17, 15) is 5.02 Å². The summed E-state index contributed by atoms with van der Waals surface area (Å²) in [6.45, 7) is 2.50. The minimum atomic E-state index is -0.853. The number of hydrogen-bond acceptors (Lipinski definition) is 3. The fourth-order valence-electron chi connectivity index (χ4n) is 6.99. The van der Waals surface area contributed by atoms with Crippen molar-refractivity contribution >= 4 is 23.7 Å². The van der Waals surface area contributed by atoms with E-state index in [0.29, 0.717) is 11.3 Å². The third kappa shape index (κ3) is 1.96. The third-order valence-corrected chi connectivity index (χ3v) is 7.35. The molecule has 2 atom stereocenters. The van der Waals surface area contributed by atoms with Gasteiger partial charge in [-0.3, -0.25) is 0 Å². The molecule has 7 rings (SSSR count). The van der Waals surface area contributed by atoms with E-state index in [1.807, 2.05) is 12.2 Å². The van der Waals surface area contributed by atoms with Gasteiger partial charge in [0.25, 0.3) is 0 Å². The fraction of sp³-hybridized carbons (Fsp3) is 0.550. The summed E-state index contributed by atoms with van der Waals surface area (Å²) >= 11 is 0. The van der Waals surface area contributed by atoms with Crippen molar-refractivity contribution in [2.24, 2.45) is 29.1 Å². The van der Waals surface area contributed by atoms with Gasteiger partial charge >= 0.3 is 7.12 Å². The van der Waals surface area contributed by atoms with Crippen molar-refractivity contribution in [2.75, 3.05) is 0 Å². The molecule has 2 aromatic heterocycles. The quantitative estimate of drug-likeness (QED) is 0.780. The van der Waals surface area contributed by atoms with Crippen LogP contribution in [0.3, 0.4) is 0 Å². The van der Waals surface area contributed by atoms with E-state index in [4.69, 9.17) is 4.65 Å². The van der Waals surface area contributed by atoms with Gasteiger partial charge in [0.1, 0.15) is 11.4 Å². The molecule has 0 amide bonds. The largest absolute Gasteiger partial charge is 0.552 e. The van der Waals surface area contributed by atoms with Crippen LogP contribution in [0.25, 0.3) is 16.6 Å². The summed E-state index contributed by atoms with van der Waals surface area (Å²) in [5.74, 6) is 5.70. The lowest BCUT2D eigenvalue weighted by molar-refractivity contribution is -0.0667. The summed E-state index contributed by atoms with van der Waals surface area (Å²) in [5, 5.41) is 11.4. The van der Waals surface area contributed by atoms with Crippen LogP contribution in [0.4, 0.5) is 0 Å². The van der Waals surface area contributed by atoms with Crippen molar-refractivity contribution < 1.29 is 9.68 Å². The predicted octanol–water partition coefficient (Wildman–Crippen LogP) is 3.82. The summed E-state index contributed by atoms with van der Waals surface area (Å²) in [6, 6.07) is 2.09. The average molecular weight is 334 g/mol. The van der Waals surface area contributed by atoms with E-state index in [1.165, 1.54) is 43.2 Å². The number of pyridine rings is 1. The highest BCUT2D eigenvalue weighted by Crippen LogP contribution is 2.65. The number of aromatic amines is 1. The summed E-state index contributed by atoms with van der Waals surface area (Å²) < 4.78 is 5.70. The van der Waals surface area contributed by atoms with Crippen LogP contribution in [-0.2, 0) is 0 Å². The molecular weight excluding hydrogens is 311 g/mol. The van der Waals surface area contributed by atoms with Gasteiger partial charge in [-0.15, -0.1) is 0 Å². The second-order valence-electron chi connectivity index (χ2n) is 9.17. The molecule has 4 aliphatic carbocycles. The molecule has 2 N–H and O–H groups in total. The number of hydrogen-bond donors (Lipinski definition) is 2. The van der Waals surface area contributed by atoms with Gasteiger partial charge in [-0.2, -0.15) is 0 Å². The van der Waals surface area contributed by atoms with Crippen molar-refractivity contribution in [3.63, 3.8) is 0 Å². The molecule has 4 nitrogen and oxygen atoms in total. The van der Waals surface area contributed by atoms with Crippen LogP contribution < -0.4 is 4.65 Å². The maximum Gasteiger partial charge on any atom is 0.552 e. The van der Waals surface area contributed by atoms with Crippen LogP contribution in [0, 0.1) is 29.1 Å².